The Bertz CT molecular complexity index is 583. The molecule has 0 aliphatic rings. The van der Waals surface area contributed by atoms with Crippen LogP contribution in [0.5, 0.6) is 0 Å². The van der Waals surface area contributed by atoms with E-state index in [1.807, 2.05) is 0 Å². The summed E-state index contributed by atoms with van der Waals surface area (Å²) in [5.41, 5.74) is 7.22. The molecule has 0 aliphatic carbocycles. The van der Waals surface area contributed by atoms with Crippen LogP contribution in [0.2, 0.25) is 5.02 Å². The number of hydrogen-bond acceptors (Lipinski definition) is 6. The fourth-order valence-electron chi connectivity index (χ4n) is 1.30. The zero-order valence-electron chi connectivity index (χ0n) is 9.51. The lowest BCUT2D eigenvalue weighted by Gasteiger charge is -2.06. The molecule has 0 aliphatic heterocycles. The van der Waals surface area contributed by atoms with Crippen molar-refractivity contribution in [3.05, 3.63) is 40.2 Å². The molecule has 0 spiro atoms. The van der Waals surface area contributed by atoms with E-state index >= 15 is 0 Å². The maximum Gasteiger partial charge on any atom is 0.340 e. The Kier molecular flexibility index (Phi) is 3.47. The molecule has 0 fully saturated rings. The van der Waals surface area contributed by atoms with Gasteiger partial charge in [-0.2, -0.15) is 0 Å². The number of aromatic nitrogens is 2. The lowest BCUT2D eigenvalue weighted by molar-refractivity contribution is 0.0464. The number of esters is 1. The number of nitrogen functional groups attached to an aromatic ring is 1. The summed E-state index contributed by atoms with van der Waals surface area (Å²) in [7, 11) is 0. The number of nitrogens with two attached hydrogens (primary N) is 1. The highest BCUT2D eigenvalue weighted by Crippen LogP contribution is 2.19. The van der Waals surface area contributed by atoms with E-state index < -0.39 is 5.97 Å². The second kappa shape index (κ2) is 5.05. The molecule has 0 unspecified atom stereocenters. The maximum absolute atomic E-state index is 11.8. The van der Waals surface area contributed by atoms with E-state index in [0.717, 1.165) is 0 Å². The van der Waals surface area contributed by atoms with Crippen LogP contribution in [0.1, 0.15) is 21.7 Å². The third-order valence-corrected chi connectivity index (χ3v) is 2.56. The molecule has 2 aromatic rings. The molecule has 0 amide bonds. The number of hydrogen-bond donors (Lipinski definition) is 1. The second-order valence-electron chi connectivity index (χ2n) is 3.60. The van der Waals surface area contributed by atoms with Crippen molar-refractivity contribution in [1.29, 1.82) is 0 Å². The fourth-order valence-corrected chi connectivity index (χ4v) is 1.47. The SMILES string of the molecule is Cc1nonc1COC(=O)c1cc(Cl)ccc1N. The number of anilines is 1. The van der Waals surface area contributed by atoms with Gasteiger partial charge in [0.1, 0.15) is 18.0 Å². The van der Waals surface area contributed by atoms with E-state index in [4.69, 9.17) is 22.1 Å². The third kappa shape index (κ3) is 2.60. The van der Waals surface area contributed by atoms with Crippen molar-refractivity contribution in [2.24, 2.45) is 0 Å². The smallest absolute Gasteiger partial charge is 0.340 e. The summed E-state index contributed by atoms with van der Waals surface area (Å²) in [5, 5.41) is 7.59. The standard InChI is InChI=1S/C11H10ClN3O3/c1-6-10(15-18-14-6)5-17-11(16)8-4-7(12)2-3-9(8)13/h2-4H,5,13H2,1H3. The van der Waals surface area contributed by atoms with Gasteiger partial charge in [-0.25, -0.2) is 9.42 Å². The van der Waals surface area contributed by atoms with Crippen molar-refractivity contribution in [3.8, 4) is 0 Å². The molecule has 7 heteroatoms. The minimum atomic E-state index is -0.572. The van der Waals surface area contributed by atoms with Crippen LogP contribution in [0, 0.1) is 6.92 Å². The minimum Gasteiger partial charge on any atom is -0.455 e. The first-order valence-electron chi connectivity index (χ1n) is 5.08. The van der Waals surface area contributed by atoms with E-state index in [0.29, 0.717) is 22.1 Å². The first-order chi connectivity index (χ1) is 8.58. The van der Waals surface area contributed by atoms with Crippen LogP contribution in [-0.4, -0.2) is 16.3 Å². The highest BCUT2D eigenvalue weighted by atomic mass is 35.5. The molecule has 0 radical (unpaired) electrons. The molecule has 0 saturated carbocycles. The van der Waals surface area contributed by atoms with E-state index in [1.165, 1.54) is 6.07 Å². The van der Waals surface area contributed by atoms with Gasteiger partial charge < -0.3 is 10.5 Å². The van der Waals surface area contributed by atoms with Crippen LogP contribution >= 0.6 is 11.6 Å². The van der Waals surface area contributed by atoms with Gasteiger partial charge in [0.05, 0.1) is 5.56 Å². The Labute approximate surface area is 108 Å². The van der Waals surface area contributed by atoms with Crippen LogP contribution in [0.25, 0.3) is 0 Å². The van der Waals surface area contributed by atoms with Crippen molar-refractivity contribution in [1.82, 2.24) is 10.3 Å². The summed E-state index contributed by atoms with van der Waals surface area (Å²) in [5.74, 6) is -0.572. The predicted molar refractivity (Wildman–Crippen MR) is 64.0 cm³/mol. The van der Waals surface area contributed by atoms with E-state index in [-0.39, 0.29) is 12.2 Å². The van der Waals surface area contributed by atoms with Gasteiger partial charge in [-0.1, -0.05) is 21.9 Å². The Morgan fingerprint density at radius 1 is 1.50 bits per heavy atom. The first kappa shape index (κ1) is 12.4. The van der Waals surface area contributed by atoms with Gasteiger partial charge in [0.15, 0.2) is 0 Å². The van der Waals surface area contributed by atoms with Gasteiger partial charge in [-0.05, 0) is 25.1 Å². The summed E-state index contributed by atoms with van der Waals surface area (Å²) in [6, 6.07) is 4.59. The molecule has 2 rings (SSSR count). The number of carbonyl (C=O) groups is 1. The molecule has 94 valence electrons. The van der Waals surface area contributed by atoms with Crippen molar-refractivity contribution in [3.63, 3.8) is 0 Å². The Morgan fingerprint density at radius 3 is 2.94 bits per heavy atom. The largest absolute Gasteiger partial charge is 0.455 e. The molecular weight excluding hydrogens is 258 g/mol. The summed E-state index contributed by atoms with van der Waals surface area (Å²) in [6.45, 7) is 1.67. The molecule has 6 nitrogen and oxygen atoms in total. The second-order valence-corrected chi connectivity index (χ2v) is 4.04. The molecular formula is C11H10ClN3O3. The Balaban J connectivity index is 2.08. The van der Waals surface area contributed by atoms with Crippen LogP contribution in [-0.2, 0) is 11.3 Å². The lowest BCUT2D eigenvalue weighted by Crippen LogP contribution is -2.08. The van der Waals surface area contributed by atoms with Crippen molar-refractivity contribution >= 4 is 23.3 Å². The van der Waals surface area contributed by atoms with Crippen LogP contribution in [0.4, 0.5) is 5.69 Å². The third-order valence-electron chi connectivity index (χ3n) is 2.32. The summed E-state index contributed by atoms with van der Waals surface area (Å²) in [4.78, 5) is 11.8. The molecule has 1 aromatic carbocycles. The minimum absolute atomic E-state index is 0.0277. The predicted octanol–water partition coefficient (Wildman–Crippen LogP) is 1.97. The monoisotopic (exact) mass is 267 g/mol. The number of aryl methyl sites for hydroxylation is 1. The van der Waals surface area contributed by atoms with E-state index in [1.54, 1.807) is 19.1 Å². The molecule has 0 bridgehead atoms. The van der Waals surface area contributed by atoms with Crippen LogP contribution in [0.3, 0.4) is 0 Å². The number of halogens is 1. The van der Waals surface area contributed by atoms with E-state index in [2.05, 4.69) is 14.9 Å². The molecule has 1 heterocycles. The van der Waals surface area contributed by atoms with Gasteiger partial charge in [-0.15, -0.1) is 0 Å². The topological polar surface area (TPSA) is 91.2 Å². The van der Waals surface area contributed by atoms with Crippen LogP contribution < -0.4 is 5.73 Å². The van der Waals surface area contributed by atoms with Crippen molar-refractivity contribution < 1.29 is 14.2 Å². The Hall–Kier alpha value is -2.08. The average molecular weight is 268 g/mol. The molecule has 2 N–H and O–H groups in total. The normalized spacial score (nSPS) is 10.3. The van der Waals surface area contributed by atoms with Gasteiger partial charge in [-0.3, -0.25) is 0 Å². The highest BCUT2D eigenvalue weighted by molar-refractivity contribution is 6.31. The summed E-state index contributed by atoms with van der Waals surface area (Å²) >= 11 is 5.79. The Morgan fingerprint density at radius 2 is 2.28 bits per heavy atom. The molecule has 0 atom stereocenters. The quantitative estimate of drug-likeness (QED) is 0.675. The molecule has 0 saturated heterocycles. The number of carbonyl (C=O) groups excluding carboxylic acids is 1. The molecule has 1 aromatic heterocycles. The molecule has 18 heavy (non-hydrogen) atoms. The first-order valence-corrected chi connectivity index (χ1v) is 5.46. The summed E-state index contributed by atoms with van der Waals surface area (Å²) in [6.07, 6.45) is 0. The number of rotatable bonds is 3. The zero-order valence-corrected chi connectivity index (χ0v) is 10.3. The fraction of sp³-hybridized carbons (Fsp3) is 0.182. The average Bonchev–Trinajstić information content (AvgIpc) is 2.75. The number of ether oxygens (including phenoxy) is 1. The number of benzene rings is 1. The zero-order chi connectivity index (χ0) is 13.1. The van der Waals surface area contributed by atoms with Gasteiger partial charge in [0, 0.05) is 10.7 Å². The van der Waals surface area contributed by atoms with E-state index in [9.17, 15) is 4.79 Å². The lowest BCUT2D eigenvalue weighted by atomic mass is 10.2. The summed E-state index contributed by atoms with van der Waals surface area (Å²) < 4.78 is 9.54. The van der Waals surface area contributed by atoms with Crippen molar-refractivity contribution in [2.45, 2.75) is 13.5 Å². The highest BCUT2D eigenvalue weighted by Gasteiger charge is 2.14. The van der Waals surface area contributed by atoms with Gasteiger partial charge in [0.25, 0.3) is 0 Å². The van der Waals surface area contributed by atoms with Crippen LogP contribution in [0.15, 0.2) is 22.8 Å². The van der Waals surface area contributed by atoms with Gasteiger partial charge >= 0.3 is 5.97 Å². The maximum atomic E-state index is 11.8. The van der Waals surface area contributed by atoms with Gasteiger partial charge in [0.2, 0.25) is 0 Å². The number of nitrogens with zero attached hydrogens (tertiary/aromatic N) is 2. The van der Waals surface area contributed by atoms with Crippen molar-refractivity contribution in [2.75, 3.05) is 5.73 Å².